The summed E-state index contributed by atoms with van der Waals surface area (Å²) in [7, 11) is 0. The number of fused-ring (bicyclic) bond motifs is 1. The molecule has 8 heteroatoms. The molecule has 0 radical (unpaired) electrons. The Morgan fingerprint density at radius 3 is 2.52 bits per heavy atom. The third kappa shape index (κ3) is 3.85. The molecule has 1 heterocycles. The number of anilines is 1. The molecule has 0 atom stereocenters. The van der Waals surface area contributed by atoms with Gasteiger partial charge >= 0.3 is 5.97 Å². The van der Waals surface area contributed by atoms with Crippen LogP contribution in [-0.4, -0.2) is 34.6 Å². The van der Waals surface area contributed by atoms with Crippen molar-refractivity contribution in [2.75, 3.05) is 11.9 Å². The minimum atomic E-state index is -1.12. The highest BCUT2D eigenvalue weighted by Gasteiger charge is 2.24. The molecule has 0 spiro atoms. The number of amides is 2. The first-order chi connectivity index (χ1) is 12.0. The van der Waals surface area contributed by atoms with E-state index in [9.17, 15) is 14.4 Å². The number of aromatic nitrogens is 1. The van der Waals surface area contributed by atoms with E-state index < -0.39 is 18.4 Å². The number of aryl methyl sites for hydroxylation is 1. The molecule has 3 N–H and O–H groups in total. The number of rotatable bonds is 5. The summed E-state index contributed by atoms with van der Waals surface area (Å²) in [6.07, 6.45) is 3.63. The summed E-state index contributed by atoms with van der Waals surface area (Å²) in [5.41, 5.74) is 1.98. The molecule has 0 saturated carbocycles. The van der Waals surface area contributed by atoms with Gasteiger partial charge in [0.1, 0.15) is 12.3 Å². The Morgan fingerprint density at radius 2 is 1.80 bits per heavy atom. The van der Waals surface area contributed by atoms with Gasteiger partial charge in [-0.1, -0.05) is 5.16 Å². The largest absolute Gasteiger partial charge is 0.480 e. The van der Waals surface area contributed by atoms with E-state index in [-0.39, 0.29) is 5.91 Å². The highest BCUT2D eigenvalue weighted by Crippen LogP contribution is 2.24. The fourth-order valence-corrected chi connectivity index (χ4v) is 2.72. The number of carboxylic acids is 1. The lowest BCUT2D eigenvalue weighted by molar-refractivity contribution is -0.135. The van der Waals surface area contributed by atoms with Gasteiger partial charge in [-0.2, -0.15) is 0 Å². The van der Waals surface area contributed by atoms with E-state index in [4.69, 9.17) is 9.63 Å². The maximum absolute atomic E-state index is 12.4. The minimum absolute atomic E-state index is 0.304. The van der Waals surface area contributed by atoms with E-state index in [1.165, 1.54) is 12.1 Å². The third-order valence-corrected chi connectivity index (χ3v) is 3.97. The molecule has 25 heavy (non-hydrogen) atoms. The lowest BCUT2D eigenvalue weighted by Gasteiger charge is -2.09. The molecule has 1 aliphatic carbocycles. The van der Waals surface area contributed by atoms with Crippen LogP contribution in [-0.2, 0) is 17.6 Å². The lowest BCUT2D eigenvalue weighted by atomic mass is 9.96. The number of aliphatic carboxylic acids is 1. The summed E-state index contributed by atoms with van der Waals surface area (Å²) in [6.45, 7) is -0.450. The molecule has 0 unspecified atom stereocenters. The van der Waals surface area contributed by atoms with E-state index in [1.807, 2.05) is 0 Å². The van der Waals surface area contributed by atoms with Crippen molar-refractivity contribution < 1.29 is 24.0 Å². The lowest BCUT2D eigenvalue weighted by Crippen LogP contribution is -2.29. The first kappa shape index (κ1) is 16.7. The fourth-order valence-electron chi connectivity index (χ4n) is 2.72. The molecule has 2 amide bonds. The van der Waals surface area contributed by atoms with Crippen LogP contribution >= 0.6 is 0 Å². The van der Waals surface area contributed by atoms with Crippen LogP contribution in [0.1, 0.15) is 45.0 Å². The Kier molecular flexibility index (Phi) is 4.78. The van der Waals surface area contributed by atoms with Crippen molar-refractivity contribution in [1.82, 2.24) is 10.5 Å². The van der Waals surface area contributed by atoms with Crippen LogP contribution in [0.2, 0.25) is 0 Å². The quantitative estimate of drug-likeness (QED) is 0.758. The zero-order valence-corrected chi connectivity index (χ0v) is 13.4. The number of hydrogen-bond acceptors (Lipinski definition) is 5. The van der Waals surface area contributed by atoms with Gasteiger partial charge in [0.2, 0.25) is 0 Å². The zero-order valence-electron chi connectivity index (χ0n) is 13.4. The van der Waals surface area contributed by atoms with Gasteiger partial charge in [0.25, 0.3) is 11.8 Å². The highest BCUT2D eigenvalue weighted by atomic mass is 16.5. The molecule has 0 fully saturated rings. The van der Waals surface area contributed by atoms with Gasteiger partial charge in [0.15, 0.2) is 5.69 Å². The van der Waals surface area contributed by atoms with Crippen molar-refractivity contribution in [2.24, 2.45) is 0 Å². The monoisotopic (exact) mass is 343 g/mol. The van der Waals surface area contributed by atoms with Gasteiger partial charge in [-0.25, -0.2) is 0 Å². The summed E-state index contributed by atoms with van der Waals surface area (Å²) in [4.78, 5) is 34.6. The molecule has 1 aromatic carbocycles. The number of hydrogen-bond donors (Lipinski definition) is 3. The molecular formula is C17H17N3O5. The van der Waals surface area contributed by atoms with Crippen LogP contribution in [0.15, 0.2) is 28.8 Å². The number of carbonyl (C=O) groups excluding carboxylic acids is 2. The van der Waals surface area contributed by atoms with Crippen LogP contribution in [0.25, 0.3) is 0 Å². The maximum Gasteiger partial charge on any atom is 0.322 e. The molecule has 8 nitrogen and oxygen atoms in total. The van der Waals surface area contributed by atoms with Crippen molar-refractivity contribution in [3.63, 3.8) is 0 Å². The summed E-state index contributed by atoms with van der Waals surface area (Å²) in [6, 6.07) is 6.15. The van der Waals surface area contributed by atoms with Crippen LogP contribution in [0.5, 0.6) is 0 Å². The van der Waals surface area contributed by atoms with Gasteiger partial charge in [-0.15, -0.1) is 0 Å². The van der Waals surface area contributed by atoms with Crippen LogP contribution in [0.4, 0.5) is 5.69 Å². The van der Waals surface area contributed by atoms with Crippen LogP contribution < -0.4 is 10.6 Å². The number of benzene rings is 1. The Morgan fingerprint density at radius 1 is 1.08 bits per heavy atom. The van der Waals surface area contributed by atoms with E-state index in [0.717, 1.165) is 37.0 Å². The standard InChI is InChI=1S/C17H17N3O5/c21-14(22)9-18-16(23)10-5-7-11(8-6-10)19-17(24)15-12-3-1-2-4-13(12)25-20-15/h5-8H,1-4,9H2,(H,18,23)(H,19,24)(H,21,22). The van der Waals surface area contributed by atoms with Crippen LogP contribution in [0.3, 0.4) is 0 Å². The predicted octanol–water partition coefficient (Wildman–Crippen LogP) is 1.62. The topological polar surface area (TPSA) is 122 Å². The maximum atomic E-state index is 12.4. The van der Waals surface area contributed by atoms with Gasteiger partial charge in [0, 0.05) is 23.2 Å². The summed E-state index contributed by atoms with van der Waals surface area (Å²) >= 11 is 0. The number of nitrogens with zero attached hydrogens (tertiary/aromatic N) is 1. The van der Waals surface area contributed by atoms with Gasteiger partial charge in [-0.05, 0) is 43.5 Å². The zero-order chi connectivity index (χ0) is 17.8. The Bertz CT molecular complexity index is 810. The second kappa shape index (κ2) is 7.16. The Labute approximate surface area is 143 Å². The summed E-state index contributed by atoms with van der Waals surface area (Å²) < 4.78 is 5.23. The van der Waals surface area contributed by atoms with Gasteiger partial charge in [-0.3, -0.25) is 14.4 Å². The second-order valence-corrected chi connectivity index (χ2v) is 5.75. The molecule has 0 bridgehead atoms. The second-order valence-electron chi connectivity index (χ2n) is 5.75. The van der Waals surface area contributed by atoms with Crippen molar-refractivity contribution in [1.29, 1.82) is 0 Å². The number of carbonyl (C=O) groups is 3. The Hall–Kier alpha value is -3.16. The number of nitrogens with one attached hydrogen (secondary N) is 2. The average molecular weight is 343 g/mol. The summed E-state index contributed by atoms with van der Waals surface area (Å²) in [5.74, 6) is -1.18. The molecule has 2 aromatic rings. The molecule has 130 valence electrons. The third-order valence-electron chi connectivity index (χ3n) is 3.97. The van der Waals surface area contributed by atoms with Gasteiger partial charge in [0.05, 0.1) is 0 Å². The van der Waals surface area contributed by atoms with Crippen molar-refractivity contribution in [2.45, 2.75) is 25.7 Å². The molecule has 3 rings (SSSR count). The SMILES string of the molecule is O=C(O)CNC(=O)c1ccc(NC(=O)c2noc3c2CCCC3)cc1. The molecule has 1 aromatic heterocycles. The van der Waals surface area contributed by atoms with E-state index in [2.05, 4.69) is 15.8 Å². The van der Waals surface area contributed by atoms with E-state index in [0.29, 0.717) is 16.9 Å². The van der Waals surface area contributed by atoms with E-state index in [1.54, 1.807) is 12.1 Å². The minimum Gasteiger partial charge on any atom is -0.480 e. The predicted molar refractivity (Wildman–Crippen MR) is 87.5 cm³/mol. The fraction of sp³-hybridized carbons (Fsp3) is 0.294. The number of carboxylic acid groups (broad SMARTS) is 1. The van der Waals surface area contributed by atoms with Crippen molar-refractivity contribution >= 4 is 23.5 Å². The van der Waals surface area contributed by atoms with Gasteiger partial charge < -0.3 is 20.3 Å². The first-order valence-corrected chi connectivity index (χ1v) is 7.93. The van der Waals surface area contributed by atoms with Crippen LogP contribution in [0, 0.1) is 0 Å². The first-order valence-electron chi connectivity index (χ1n) is 7.93. The molecular weight excluding hydrogens is 326 g/mol. The Balaban J connectivity index is 1.65. The molecule has 0 aliphatic heterocycles. The van der Waals surface area contributed by atoms with E-state index >= 15 is 0 Å². The molecule has 0 saturated heterocycles. The smallest absolute Gasteiger partial charge is 0.322 e. The van der Waals surface area contributed by atoms with Crippen molar-refractivity contribution in [3.05, 3.63) is 46.8 Å². The summed E-state index contributed by atoms with van der Waals surface area (Å²) in [5, 5.41) is 17.4. The normalized spacial score (nSPS) is 13.0. The average Bonchev–Trinajstić information content (AvgIpc) is 3.04. The van der Waals surface area contributed by atoms with Crippen molar-refractivity contribution in [3.8, 4) is 0 Å². The highest BCUT2D eigenvalue weighted by molar-refractivity contribution is 6.04. The molecule has 1 aliphatic rings.